The maximum absolute atomic E-state index is 11.5. The molecule has 0 aromatic heterocycles. The van der Waals surface area contributed by atoms with Crippen molar-refractivity contribution < 1.29 is 4.79 Å². The molecule has 0 aromatic carbocycles. The van der Waals surface area contributed by atoms with Crippen molar-refractivity contribution >= 4 is 17.7 Å². The molecule has 0 saturated heterocycles. The van der Waals surface area contributed by atoms with Crippen LogP contribution in [0.25, 0.3) is 0 Å². The number of thioether (sulfide) groups is 1. The third kappa shape index (κ3) is 7.23. The zero-order valence-corrected chi connectivity index (χ0v) is 10.2. The van der Waals surface area contributed by atoms with Gasteiger partial charge in [-0.15, -0.1) is 11.8 Å². The number of hydrogen-bond acceptors (Lipinski definition) is 4. The zero-order chi connectivity index (χ0) is 11.7. The van der Waals surface area contributed by atoms with Gasteiger partial charge < -0.3 is 10.6 Å². The first-order chi connectivity index (χ1) is 7.11. The fourth-order valence-electron chi connectivity index (χ4n) is 0.984. The SMILES string of the molecule is CC(CCN)SCC(=O)N(C)CCC#N. The van der Waals surface area contributed by atoms with E-state index in [1.807, 2.05) is 6.07 Å². The number of nitriles is 1. The molecule has 86 valence electrons. The van der Waals surface area contributed by atoms with E-state index in [4.69, 9.17) is 11.0 Å². The van der Waals surface area contributed by atoms with Gasteiger partial charge in [0.1, 0.15) is 0 Å². The molecule has 0 aliphatic heterocycles. The highest BCUT2D eigenvalue weighted by Crippen LogP contribution is 2.13. The Morgan fingerprint density at radius 2 is 2.33 bits per heavy atom. The van der Waals surface area contributed by atoms with Crippen molar-refractivity contribution in [3.05, 3.63) is 0 Å². The van der Waals surface area contributed by atoms with Crippen LogP contribution in [-0.4, -0.2) is 41.9 Å². The fraction of sp³-hybridized carbons (Fsp3) is 0.800. The van der Waals surface area contributed by atoms with Gasteiger partial charge in [0.25, 0.3) is 0 Å². The molecule has 2 N–H and O–H groups in total. The van der Waals surface area contributed by atoms with Gasteiger partial charge in [0.2, 0.25) is 5.91 Å². The number of rotatable bonds is 7. The maximum Gasteiger partial charge on any atom is 0.232 e. The number of carbonyl (C=O) groups excluding carboxylic acids is 1. The molecule has 0 radical (unpaired) electrons. The molecule has 0 bridgehead atoms. The van der Waals surface area contributed by atoms with Crippen molar-refractivity contribution in [2.75, 3.05) is 25.9 Å². The number of nitrogens with two attached hydrogens (primary N) is 1. The van der Waals surface area contributed by atoms with Crippen molar-refractivity contribution in [2.45, 2.75) is 25.0 Å². The second-order valence-electron chi connectivity index (χ2n) is 3.42. The van der Waals surface area contributed by atoms with Crippen molar-refractivity contribution in [1.29, 1.82) is 5.26 Å². The first-order valence-corrected chi connectivity index (χ1v) is 6.09. The second-order valence-corrected chi connectivity index (χ2v) is 4.85. The Bertz CT molecular complexity index is 227. The van der Waals surface area contributed by atoms with Gasteiger partial charge >= 0.3 is 0 Å². The van der Waals surface area contributed by atoms with Gasteiger partial charge in [0.15, 0.2) is 0 Å². The van der Waals surface area contributed by atoms with Gasteiger partial charge in [0.05, 0.1) is 18.2 Å². The van der Waals surface area contributed by atoms with E-state index in [2.05, 4.69) is 6.92 Å². The summed E-state index contributed by atoms with van der Waals surface area (Å²) in [6.07, 6.45) is 1.32. The van der Waals surface area contributed by atoms with E-state index in [0.717, 1.165) is 6.42 Å². The van der Waals surface area contributed by atoms with Gasteiger partial charge in [-0.2, -0.15) is 5.26 Å². The third-order valence-corrected chi connectivity index (χ3v) is 3.27. The van der Waals surface area contributed by atoms with Crippen molar-refractivity contribution in [2.24, 2.45) is 5.73 Å². The predicted octanol–water partition coefficient (Wildman–Crippen LogP) is 0.829. The average Bonchev–Trinajstić information content (AvgIpc) is 2.22. The van der Waals surface area contributed by atoms with Gasteiger partial charge in [-0.05, 0) is 13.0 Å². The summed E-state index contributed by atoms with van der Waals surface area (Å²) in [7, 11) is 1.73. The van der Waals surface area contributed by atoms with Crippen LogP contribution in [0.4, 0.5) is 0 Å². The molecular weight excluding hydrogens is 210 g/mol. The number of amides is 1. The smallest absolute Gasteiger partial charge is 0.232 e. The molecule has 0 aromatic rings. The second kappa shape index (κ2) is 8.57. The lowest BCUT2D eigenvalue weighted by Crippen LogP contribution is -2.29. The molecule has 0 aliphatic carbocycles. The Kier molecular flexibility index (Phi) is 8.15. The Morgan fingerprint density at radius 1 is 1.67 bits per heavy atom. The summed E-state index contributed by atoms with van der Waals surface area (Å²) in [5, 5.41) is 8.80. The maximum atomic E-state index is 11.5. The Hall–Kier alpha value is -0.730. The molecule has 1 unspecified atom stereocenters. The predicted molar refractivity (Wildman–Crippen MR) is 63.5 cm³/mol. The normalized spacial score (nSPS) is 11.9. The van der Waals surface area contributed by atoms with Crippen LogP contribution in [-0.2, 0) is 4.79 Å². The van der Waals surface area contributed by atoms with Gasteiger partial charge in [-0.1, -0.05) is 6.92 Å². The largest absolute Gasteiger partial charge is 0.344 e. The molecule has 0 aliphatic rings. The van der Waals surface area contributed by atoms with Crippen LogP contribution in [0.5, 0.6) is 0 Å². The Morgan fingerprint density at radius 3 is 2.87 bits per heavy atom. The van der Waals surface area contributed by atoms with Crippen LogP contribution >= 0.6 is 11.8 Å². The summed E-state index contributed by atoms with van der Waals surface area (Å²) >= 11 is 1.62. The number of carbonyl (C=O) groups is 1. The summed E-state index contributed by atoms with van der Waals surface area (Å²) in [6.45, 7) is 3.24. The van der Waals surface area contributed by atoms with E-state index < -0.39 is 0 Å². The van der Waals surface area contributed by atoms with Crippen LogP contribution in [0.3, 0.4) is 0 Å². The van der Waals surface area contributed by atoms with Gasteiger partial charge in [-0.25, -0.2) is 0 Å². The van der Waals surface area contributed by atoms with Crippen LogP contribution in [0, 0.1) is 11.3 Å². The van der Waals surface area contributed by atoms with Gasteiger partial charge in [0, 0.05) is 18.8 Å². The van der Waals surface area contributed by atoms with E-state index in [9.17, 15) is 4.79 Å². The highest BCUT2D eigenvalue weighted by atomic mass is 32.2. The minimum absolute atomic E-state index is 0.0825. The van der Waals surface area contributed by atoms with Crippen molar-refractivity contribution in [3.63, 3.8) is 0 Å². The lowest BCUT2D eigenvalue weighted by atomic mass is 10.3. The van der Waals surface area contributed by atoms with Crippen LogP contribution < -0.4 is 5.73 Å². The van der Waals surface area contributed by atoms with Crippen LogP contribution in [0.2, 0.25) is 0 Å². The zero-order valence-electron chi connectivity index (χ0n) is 9.40. The monoisotopic (exact) mass is 229 g/mol. The average molecular weight is 229 g/mol. The van der Waals surface area contributed by atoms with Gasteiger partial charge in [-0.3, -0.25) is 4.79 Å². The van der Waals surface area contributed by atoms with E-state index in [-0.39, 0.29) is 5.91 Å². The molecule has 0 heterocycles. The van der Waals surface area contributed by atoms with E-state index in [0.29, 0.717) is 30.5 Å². The first kappa shape index (κ1) is 14.3. The Balaban J connectivity index is 3.68. The molecule has 0 saturated carbocycles. The highest BCUT2D eigenvalue weighted by molar-refractivity contribution is 8.00. The molecule has 0 fully saturated rings. The van der Waals surface area contributed by atoms with E-state index >= 15 is 0 Å². The lowest BCUT2D eigenvalue weighted by molar-refractivity contribution is -0.127. The van der Waals surface area contributed by atoms with Crippen molar-refractivity contribution in [1.82, 2.24) is 4.90 Å². The lowest BCUT2D eigenvalue weighted by Gasteiger charge is -2.16. The fourth-order valence-corrected chi connectivity index (χ4v) is 1.93. The molecule has 4 nitrogen and oxygen atoms in total. The number of hydrogen-bond donors (Lipinski definition) is 1. The quantitative estimate of drug-likeness (QED) is 0.702. The number of nitrogens with zero attached hydrogens (tertiary/aromatic N) is 2. The molecular formula is C10H19N3OS. The molecule has 15 heavy (non-hydrogen) atoms. The molecule has 1 atom stereocenters. The van der Waals surface area contributed by atoms with Crippen molar-refractivity contribution in [3.8, 4) is 6.07 Å². The minimum Gasteiger partial charge on any atom is -0.344 e. The summed E-state index contributed by atoms with van der Waals surface area (Å²) in [6, 6.07) is 2.02. The molecule has 0 rings (SSSR count). The molecule has 1 amide bonds. The Labute approximate surface area is 95.8 Å². The third-order valence-electron chi connectivity index (χ3n) is 2.05. The van der Waals surface area contributed by atoms with E-state index in [1.54, 1.807) is 23.7 Å². The van der Waals surface area contributed by atoms with Crippen LogP contribution in [0.1, 0.15) is 19.8 Å². The summed E-state index contributed by atoms with van der Waals surface area (Å²) in [4.78, 5) is 13.1. The summed E-state index contributed by atoms with van der Waals surface area (Å²) < 4.78 is 0. The summed E-state index contributed by atoms with van der Waals surface area (Å²) in [5.41, 5.74) is 5.42. The highest BCUT2D eigenvalue weighted by Gasteiger charge is 2.10. The van der Waals surface area contributed by atoms with E-state index in [1.165, 1.54) is 0 Å². The first-order valence-electron chi connectivity index (χ1n) is 5.04. The standard InChI is InChI=1S/C10H19N3OS/c1-9(4-6-12)15-8-10(14)13(2)7-3-5-11/h9H,3-4,6-8,12H2,1-2H3. The van der Waals surface area contributed by atoms with Crippen LogP contribution in [0.15, 0.2) is 0 Å². The molecule has 5 heteroatoms. The summed E-state index contributed by atoms with van der Waals surface area (Å²) in [5.74, 6) is 0.558. The minimum atomic E-state index is 0.0825. The molecule has 0 spiro atoms. The topological polar surface area (TPSA) is 70.1 Å².